The number of hydrogen-bond donors (Lipinski definition) is 0. The fraction of sp³-hybridized carbons (Fsp3) is 0. The molecule has 4 aromatic carbocycles. The van der Waals surface area contributed by atoms with Crippen LogP contribution in [-0.2, 0) is 10.1 Å². The van der Waals surface area contributed by atoms with Crippen molar-refractivity contribution in [1.29, 1.82) is 0 Å². The number of rotatable bonds is 5. The average Bonchev–Trinajstić information content (AvgIpc) is 2.85. The number of halogens is 4. The molecule has 0 saturated heterocycles. The topological polar surface area (TPSA) is 83.5 Å². The van der Waals surface area contributed by atoms with E-state index < -0.39 is 50.0 Å². The van der Waals surface area contributed by atoms with Crippen LogP contribution in [-0.4, -0.2) is 18.9 Å². The van der Waals surface area contributed by atoms with Crippen LogP contribution in [0.1, 0.15) is 10.4 Å². The van der Waals surface area contributed by atoms with Gasteiger partial charge in [0.2, 0.25) is 17.4 Å². The molecule has 0 fully saturated rings. The summed E-state index contributed by atoms with van der Waals surface area (Å²) in [5.74, 6) is -12.9. The van der Waals surface area contributed by atoms with Gasteiger partial charge in [0, 0.05) is 0 Å². The largest absolute Gasteiger partial charge is 0.744 e. The van der Waals surface area contributed by atoms with Crippen LogP contribution in [0, 0.1) is 23.3 Å². The Balaban J connectivity index is 1.91. The van der Waals surface area contributed by atoms with Gasteiger partial charge in [-0.25, -0.2) is 22.0 Å². The molecular weight excluding hydrogens is 488 g/mol. The van der Waals surface area contributed by atoms with Crippen LogP contribution in [0.5, 0.6) is 5.75 Å². The van der Waals surface area contributed by atoms with Crippen LogP contribution in [0.15, 0.2) is 83.8 Å². The Morgan fingerprint density at radius 1 is 0.657 bits per heavy atom. The molecule has 10 heteroatoms. The Bertz CT molecular complexity index is 1450. The molecule has 0 N–H and O–H groups in total. The van der Waals surface area contributed by atoms with E-state index in [0.717, 1.165) is 0 Å². The lowest BCUT2D eigenvalue weighted by atomic mass is 9.92. The zero-order valence-corrected chi connectivity index (χ0v) is 18.3. The summed E-state index contributed by atoms with van der Waals surface area (Å²) in [6, 6.07) is 21.6. The van der Waals surface area contributed by atoms with Gasteiger partial charge >= 0.3 is 5.97 Å². The third kappa shape index (κ3) is 4.53. The average molecular weight is 501 g/mol. The molecule has 0 amide bonds. The molecule has 178 valence electrons. The molecule has 0 heterocycles. The molecule has 0 unspecified atom stereocenters. The number of carbonyl (C=O) groups is 1. The second kappa shape index (κ2) is 9.32. The predicted octanol–water partition coefficient (Wildman–Crippen LogP) is 5.70. The monoisotopic (exact) mass is 501 g/mol. The molecule has 0 atom stereocenters. The van der Waals surface area contributed by atoms with E-state index in [-0.39, 0.29) is 16.7 Å². The van der Waals surface area contributed by atoms with Crippen LogP contribution < -0.4 is 4.74 Å². The third-order valence-electron chi connectivity index (χ3n) is 5.07. The summed E-state index contributed by atoms with van der Waals surface area (Å²) >= 11 is 0. The van der Waals surface area contributed by atoms with Crippen molar-refractivity contribution in [2.24, 2.45) is 0 Å². The molecule has 0 aliphatic carbocycles. The van der Waals surface area contributed by atoms with E-state index >= 15 is 0 Å². The standard InChI is InChI=1S/C25H14F4O5S/c26-19-21(28)24(35(31,32)33)22(29)20(27)23(19)34-25(30)18-16(14-8-3-1-4-9-14)12-7-13-17(18)15-10-5-2-6-11-15/h1-13H,(H,31,32,33)/p-1. The summed E-state index contributed by atoms with van der Waals surface area (Å²) in [7, 11) is -5.91. The molecule has 4 rings (SSSR count). The van der Waals surface area contributed by atoms with Crippen LogP contribution in [0.25, 0.3) is 22.3 Å². The quantitative estimate of drug-likeness (QED) is 0.115. The summed E-state index contributed by atoms with van der Waals surface area (Å²) in [6.07, 6.45) is 0. The molecule has 0 aliphatic heterocycles. The van der Waals surface area contributed by atoms with Crippen molar-refractivity contribution in [1.82, 2.24) is 0 Å². The van der Waals surface area contributed by atoms with Crippen molar-refractivity contribution in [3.05, 3.63) is 108 Å². The summed E-state index contributed by atoms with van der Waals surface area (Å²) in [5.41, 5.74) is 1.46. The summed E-state index contributed by atoms with van der Waals surface area (Å²) in [6.45, 7) is 0. The molecule has 5 nitrogen and oxygen atoms in total. The fourth-order valence-corrected chi connectivity index (χ4v) is 4.15. The molecule has 0 aliphatic rings. The molecular formula is C25H13F4O5S-. The molecule has 0 saturated carbocycles. The molecule has 0 bridgehead atoms. The third-order valence-corrected chi connectivity index (χ3v) is 5.92. The van der Waals surface area contributed by atoms with Crippen molar-refractivity contribution in [3.8, 4) is 28.0 Å². The minimum absolute atomic E-state index is 0.176. The maximum Gasteiger partial charge on any atom is 0.345 e. The zero-order chi connectivity index (χ0) is 25.3. The summed E-state index contributed by atoms with van der Waals surface area (Å²) in [4.78, 5) is 10.9. The number of carbonyl (C=O) groups excluding carboxylic acids is 1. The molecule has 0 radical (unpaired) electrons. The Hall–Kier alpha value is -4.02. The smallest absolute Gasteiger partial charge is 0.345 e. The normalized spacial score (nSPS) is 11.3. The van der Waals surface area contributed by atoms with Crippen molar-refractivity contribution in [2.75, 3.05) is 0 Å². The Morgan fingerprint density at radius 3 is 1.49 bits per heavy atom. The van der Waals surface area contributed by atoms with Gasteiger partial charge < -0.3 is 9.29 Å². The Kier molecular flexibility index (Phi) is 6.42. The fourth-order valence-electron chi connectivity index (χ4n) is 3.53. The zero-order valence-electron chi connectivity index (χ0n) is 17.5. The van der Waals surface area contributed by atoms with E-state index in [9.17, 15) is 35.3 Å². The first-order valence-corrected chi connectivity index (χ1v) is 11.3. The van der Waals surface area contributed by atoms with Crippen LogP contribution in [0.2, 0.25) is 0 Å². The highest BCUT2D eigenvalue weighted by atomic mass is 32.2. The van der Waals surface area contributed by atoms with Crippen molar-refractivity contribution in [3.63, 3.8) is 0 Å². The molecule has 0 spiro atoms. The van der Waals surface area contributed by atoms with E-state index in [1.807, 2.05) is 0 Å². The van der Waals surface area contributed by atoms with E-state index in [0.29, 0.717) is 11.1 Å². The van der Waals surface area contributed by atoms with Gasteiger partial charge in [-0.3, -0.25) is 0 Å². The second-order valence-electron chi connectivity index (χ2n) is 7.22. The molecule has 35 heavy (non-hydrogen) atoms. The van der Waals surface area contributed by atoms with E-state index in [1.54, 1.807) is 78.9 Å². The highest BCUT2D eigenvalue weighted by Crippen LogP contribution is 2.36. The van der Waals surface area contributed by atoms with Gasteiger partial charge in [0.1, 0.15) is 15.0 Å². The number of esters is 1. The Morgan fingerprint density at radius 2 is 1.09 bits per heavy atom. The van der Waals surface area contributed by atoms with Crippen LogP contribution in [0.3, 0.4) is 0 Å². The van der Waals surface area contributed by atoms with Gasteiger partial charge in [-0.2, -0.15) is 8.78 Å². The molecule has 4 aromatic rings. The highest BCUT2D eigenvalue weighted by Gasteiger charge is 2.32. The number of hydrogen-bond acceptors (Lipinski definition) is 5. The van der Waals surface area contributed by atoms with Gasteiger partial charge in [0.05, 0.1) is 5.56 Å². The maximum atomic E-state index is 14.5. The Labute approximate surface area is 197 Å². The first-order valence-electron chi connectivity index (χ1n) is 9.89. The highest BCUT2D eigenvalue weighted by molar-refractivity contribution is 7.85. The van der Waals surface area contributed by atoms with Gasteiger partial charge in [-0.05, 0) is 22.3 Å². The van der Waals surface area contributed by atoms with Crippen molar-refractivity contribution < 1.29 is 40.1 Å². The van der Waals surface area contributed by atoms with E-state index in [2.05, 4.69) is 0 Å². The lowest BCUT2D eigenvalue weighted by Crippen LogP contribution is -2.17. The van der Waals surface area contributed by atoms with E-state index in [4.69, 9.17) is 4.74 Å². The lowest BCUT2D eigenvalue weighted by Gasteiger charge is -2.17. The van der Waals surface area contributed by atoms with Gasteiger partial charge in [0.15, 0.2) is 11.6 Å². The number of ether oxygens (including phenoxy) is 1. The SMILES string of the molecule is O=C(Oc1c(F)c(F)c(S(=O)(=O)[O-])c(F)c1F)c1c(-c2ccccc2)cccc1-c1ccccc1. The number of benzene rings is 4. The van der Waals surface area contributed by atoms with Gasteiger partial charge in [-0.15, -0.1) is 0 Å². The van der Waals surface area contributed by atoms with Crippen molar-refractivity contribution in [2.45, 2.75) is 4.90 Å². The van der Waals surface area contributed by atoms with Crippen LogP contribution >= 0.6 is 0 Å². The summed E-state index contributed by atoms with van der Waals surface area (Å²) < 4.78 is 95.3. The van der Waals surface area contributed by atoms with Crippen LogP contribution in [0.4, 0.5) is 17.6 Å². The molecule has 0 aromatic heterocycles. The lowest BCUT2D eigenvalue weighted by molar-refractivity contribution is 0.0718. The first kappa shape index (κ1) is 24.1. The predicted molar refractivity (Wildman–Crippen MR) is 117 cm³/mol. The maximum absolute atomic E-state index is 14.5. The second-order valence-corrected chi connectivity index (χ2v) is 8.53. The van der Waals surface area contributed by atoms with E-state index in [1.165, 1.54) is 0 Å². The van der Waals surface area contributed by atoms with Gasteiger partial charge in [-0.1, -0.05) is 78.9 Å². The first-order chi connectivity index (χ1) is 16.6. The van der Waals surface area contributed by atoms with Gasteiger partial charge in [0.25, 0.3) is 0 Å². The minimum Gasteiger partial charge on any atom is -0.744 e. The minimum atomic E-state index is -5.91. The van der Waals surface area contributed by atoms with Crippen molar-refractivity contribution >= 4 is 16.1 Å². The summed E-state index contributed by atoms with van der Waals surface area (Å²) in [5, 5.41) is 0.